The predicted molar refractivity (Wildman–Crippen MR) is 89.4 cm³/mol. The van der Waals surface area contributed by atoms with Crippen LogP contribution < -0.4 is 10.2 Å². The summed E-state index contributed by atoms with van der Waals surface area (Å²) in [6.07, 6.45) is 8.35. The van der Waals surface area contributed by atoms with E-state index in [0.29, 0.717) is 6.04 Å². The average Bonchev–Trinajstić information content (AvgIpc) is 2.56. The summed E-state index contributed by atoms with van der Waals surface area (Å²) in [7, 11) is 0. The first kappa shape index (κ1) is 15.5. The van der Waals surface area contributed by atoms with E-state index in [1.54, 1.807) is 4.90 Å². The number of carbonyl (C=O) groups excluding carboxylic acids is 1. The van der Waals surface area contributed by atoms with Gasteiger partial charge in [-0.25, -0.2) is 0 Å². The molecule has 1 heterocycles. The summed E-state index contributed by atoms with van der Waals surface area (Å²) in [5, 5.41) is 3.25. The maximum absolute atomic E-state index is 12.5. The third-order valence-electron chi connectivity index (χ3n) is 5.24. The summed E-state index contributed by atoms with van der Waals surface area (Å²) in [5.41, 5.74) is 3.68. The van der Waals surface area contributed by atoms with Crippen molar-refractivity contribution < 1.29 is 9.69 Å². The molecule has 0 saturated carbocycles. The molecule has 2 N–H and O–H groups in total. The molecule has 1 amide bonds. The number of quaternary nitrogens is 1. The molecule has 3 nitrogen and oxygen atoms in total. The van der Waals surface area contributed by atoms with Crippen LogP contribution in [0.2, 0.25) is 0 Å². The molecule has 0 radical (unpaired) electrons. The van der Waals surface area contributed by atoms with Crippen LogP contribution in [0.15, 0.2) is 18.2 Å². The van der Waals surface area contributed by atoms with Crippen molar-refractivity contribution in [2.24, 2.45) is 0 Å². The van der Waals surface area contributed by atoms with Crippen LogP contribution in [0.4, 0.5) is 0 Å². The molecule has 1 aromatic rings. The average molecular weight is 301 g/mol. The fraction of sp³-hybridized carbons (Fsp3) is 0.632. The second-order valence-electron chi connectivity index (χ2n) is 6.94. The molecule has 3 heteroatoms. The SMILES string of the molecule is CCC[NH+]1CCC(NC(=O)c2ccc3c(c2)CCCC3)CC1. The molecule has 1 aliphatic carbocycles. The van der Waals surface area contributed by atoms with Gasteiger partial charge in [0.1, 0.15) is 0 Å². The number of likely N-dealkylation sites (tertiary alicyclic amines) is 1. The Morgan fingerprint density at radius 3 is 2.64 bits per heavy atom. The quantitative estimate of drug-likeness (QED) is 0.873. The topological polar surface area (TPSA) is 33.5 Å². The smallest absolute Gasteiger partial charge is 0.251 e. The van der Waals surface area contributed by atoms with Gasteiger partial charge in [0.2, 0.25) is 0 Å². The van der Waals surface area contributed by atoms with Crippen LogP contribution >= 0.6 is 0 Å². The van der Waals surface area contributed by atoms with Crippen molar-refractivity contribution in [3.8, 4) is 0 Å². The van der Waals surface area contributed by atoms with Gasteiger partial charge in [-0.1, -0.05) is 13.0 Å². The minimum Gasteiger partial charge on any atom is -0.349 e. The van der Waals surface area contributed by atoms with Crippen LogP contribution in [0, 0.1) is 0 Å². The standard InChI is InChI=1S/C19H28N2O/c1-2-11-21-12-9-18(10-13-21)20-19(22)17-8-7-15-5-3-4-6-16(15)14-17/h7-8,14,18H,2-6,9-13H2,1H3,(H,20,22)/p+1. The van der Waals surface area contributed by atoms with Gasteiger partial charge in [-0.3, -0.25) is 4.79 Å². The van der Waals surface area contributed by atoms with E-state index in [2.05, 4.69) is 24.4 Å². The highest BCUT2D eigenvalue weighted by atomic mass is 16.1. The van der Waals surface area contributed by atoms with Crippen LogP contribution in [0.1, 0.15) is 60.5 Å². The van der Waals surface area contributed by atoms with Crippen molar-refractivity contribution >= 4 is 5.91 Å². The number of benzene rings is 1. The molecule has 22 heavy (non-hydrogen) atoms. The number of carbonyl (C=O) groups is 1. The van der Waals surface area contributed by atoms with Crippen LogP contribution in [0.5, 0.6) is 0 Å². The monoisotopic (exact) mass is 301 g/mol. The Hall–Kier alpha value is -1.35. The van der Waals surface area contributed by atoms with Crippen LogP contribution in [0.25, 0.3) is 0 Å². The molecule has 0 unspecified atom stereocenters. The second kappa shape index (κ2) is 7.28. The second-order valence-corrected chi connectivity index (χ2v) is 6.94. The summed E-state index contributed by atoms with van der Waals surface area (Å²) < 4.78 is 0. The Morgan fingerprint density at radius 2 is 1.91 bits per heavy atom. The molecule has 1 aliphatic heterocycles. The van der Waals surface area contributed by atoms with Crippen molar-refractivity contribution in [2.45, 2.75) is 57.9 Å². The van der Waals surface area contributed by atoms with Gasteiger partial charge in [-0.05, 0) is 55.4 Å². The van der Waals surface area contributed by atoms with Crippen molar-refractivity contribution in [1.29, 1.82) is 0 Å². The summed E-state index contributed by atoms with van der Waals surface area (Å²) in [6.45, 7) is 5.91. The first-order valence-corrected chi connectivity index (χ1v) is 9.02. The normalized spacial score (nSPS) is 24.6. The molecule has 0 spiro atoms. The van der Waals surface area contributed by atoms with E-state index in [-0.39, 0.29) is 5.91 Å². The number of nitrogens with one attached hydrogen (secondary N) is 2. The van der Waals surface area contributed by atoms with Gasteiger partial charge in [-0.15, -0.1) is 0 Å². The predicted octanol–water partition coefficient (Wildman–Crippen LogP) is 1.75. The van der Waals surface area contributed by atoms with Crippen LogP contribution in [-0.2, 0) is 12.8 Å². The van der Waals surface area contributed by atoms with Gasteiger partial charge in [-0.2, -0.15) is 0 Å². The lowest BCUT2D eigenvalue weighted by Gasteiger charge is -2.29. The highest BCUT2D eigenvalue weighted by Gasteiger charge is 2.23. The number of aryl methyl sites for hydroxylation is 2. The zero-order valence-corrected chi connectivity index (χ0v) is 13.8. The fourth-order valence-electron chi connectivity index (χ4n) is 3.92. The van der Waals surface area contributed by atoms with Crippen molar-refractivity contribution in [3.63, 3.8) is 0 Å². The largest absolute Gasteiger partial charge is 0.349 e. The Morgan fingerprint density at radius 1 is 1.18 bits per heavy atom. The summed E-state index contributed by atoms with van der Waals surface area (Å²) in [6, 6.07) is 6.67. The van der Waals surface area contributed by atoms with E-state index in [0.717, 1.165) is 24.8 Å². The summed E-state index contributed by atoms with van der Waals surface area (Å²) >= 11 is 0. The number of hydrogen-bond acceptors (Lipinski definition) is 1. The van der Waals surface area contributed by atoms with E-state index in [4.69, 9.17) is 0 Å². The molecule has 3 rings (SSSR count). The molecule has 0 atom stereocenters. The van der Waals surface area contributed by atoms with Crippen LogP contribution in [-0.4, -0.2) is 31.6 Å². The lowest BCUT2D eigenvalue weighted by Crippen LogP contribution is -3.13. The highest BCUT2D eigenvalue weighted by Crippen LogP contribution is 2.22. The van der Waals surface area contributed by atoms with Crippen LogP contribution in [0.3, 0.4) is 0 Å². The van der Waals surface area contributed by atoms with Gasteiger partial charge in [0.15, 0.2) is 0 Å². The van der Waals surface area contributed by atoms with Crippen molar-refractivity contribution in [3.05, 3.63) is 34.9 Å². The maximum atomic E-state index is 12.5. The van der Waals surface area contributed by atoms with E-state index < -0.39 is 0 Å². The Balaban J connectivity index is 1.56. The lowest BCUT2D eigenvalue weighted by molar-refractivity contribution is -0.905. The lowest BCUT2D eigenvalue weighted by atomic mass is 9.90. The minimum absolute atomic E-state index is 0.123. The molecular weight excluding hydrogens is 272 g/mol. The molecule has 0 bridgehead atoms. The Bertz CT molecular complexity index is 518. The fourth-order valence-corrected chi connectivity index (χ4v) is 3.92. The van der Waals surface area contributed by atoms with E-state index in [1.165, 1.54) is 56.4 Å². The molecule has 1 saturated heterocycles. The number of fused-ring (bicyclic) bond motifs is 1. The molecule has 1 fully saturated rings. The van der Waals surface area contributed by atoms with E-state index in [9.17, 15) is 4.79 Å². The summed E-state index contributed by atoms with van der Waals surface area (Å²) in [5.74, 6) is 0.123. The molecular formula is C19H29N2O+. The van der Waals surface area contributed by atoms with Gasteiger partial charge in [0.05, 0.1) is 19.6 Å². The van der Waals surface area contributed by atoms with E-state index in [1.807, 2.05) is 6.07 Å². The Labute approximate surface area is 134 Å². The van der Waals surface area contributed by atoms with Gasteiger partial charge >= 0.3 is 0 Å². The number of piperidine rings is 1. The Kier molecular flexibility index (Phi) is 5.14. The van der Waals surface area contributed by atoms with Gasteiger partial charge in [0.25, 0.3) is 5.91 Å². The molecule has 120 valence electrons. The van der Waals surface area contributed by atoms with Crippen molar-refractivity contribution in [2.75, 3.05) is 19.6 Å². The first-order chi connectivity index (χ1) is 10.8. The minimum atomic E-state index is 0.123. The van der Waals surface area contributed by atoms with E-state index >= 15 is 0 Å². The highest BCUT2D eigenvalue weighted by molar-refractivity contribution is 5.94. The first-order valence-electron chi connectivity index (χ1n) is 9.02. The molecule has 0 aromatic heterocycles. The van der Waals surface area contributed by atoms with Gasteiger partial charge < -0.3 is 10.2 Å². The third-order valence-corrected chi connectivity index (χ3v) is 5.24. The molecule has 1 aromatic carbocycles. The third kappa shape index (κ3) is 3.70. The van der Waals surface area contributed by atoms with Gasteiger partial charge in [0, 0.05) is 24.4 Å². The zero-order chi connectivity index (χ0) is 15.4. The maximum Gasteiger partial charge on any atom is 0.251 e. The number of hydrogen-bond donors (Lipinski definition) is 2. The number of amides is 1. The number of rotatable bonds is 4. The van der Waals surface area contributed by atoms with Crippen molar-refractivity contribution in [1.82, 2.24) is 5.32 Å². The zero-order valence-electron chi connectivity index (χ0n) is 13.8. The molecule has 2 aliphatic rings. The summed E-state index contributed by atoms with van der Waals surface area (Å²) in [4.78, 5) is 14.2.